The Bertz CT molecular complexity index is 309. The van der Waals surface area contributed by atoms with Gasteiger partial charge in [0.15, 0.2) is 0 Å². The molecule has 13 heavy (non-hydrogen) atoms. The summed E-state index contributed by atoms with van der Waals surface area (Å²) in [4.78, 5) is 20.8. The number of rotatable bonds is 2. The standard InChI is InChI=1S/C9H7O3.Y/c1-7(11)12-9-5-3-2-4-8(9)6-10;/h2-5H,1H3;/q-1;. The maximum atomic E-state index is 10.5. The first kappa shape index (κ1) is 12.5. The maximum Gasteiger partial charge on any atom is 0.296 e. The molecule has 0 atom stereocenters. The normalized spacial score (nSPS) is 8.38. The van der Waals surface area contributed by atoms with E-state index in [9.17, 15) is 9.59 Å². The Balaban J connectivity index is 0.00000144. The van der Waals surface area contributed by atoms with E-state index in [-0.39, 0.29) is 44.0 Å². The van der Waals surface area contributed by atoms with Crippen LogP contribution in [0.25, 0.3) is 0 Å². The SMILES string of the molecule is CC(=O)Oc1ccccc1[C-]=O.[Y]. The largest absolute Gasteiger partial charge is 0.490 e. The number of hydrogen-bond donors (Lipinski definition) is 0. The van der Waals surface area contributed by atoms with Crippen LogP contribution in [0.5, 0.6) is 5.75 Å². The summed E-state index contributed by atoms with van der Waals surface area (Å²) in [6.07, 6.45) is 1.67. The van der Waals surface area contributed by atoms with Gasteiger partial charge >= 0.3 is 0 Å². The van der Waals surface area contributed by atoms with Crippen LogP contribution in [-0.2, 0) is 42.3 Å². The van der Waals surface area contributed by atoms with Crippen LogP contribution >= 0.6 is 0 Å². The summed E-state index contributed by atoms with van der Waals surface area (Å²) in [6, 6.07) is 6.43. The van der Waals surface area contributed by atoms with Crippen molar-refractivity contribution >= 4 is 12.3 Å². The molecule has 0 unspecified atom stereocenters. The molecule has 1 aromatic carbocycles. The second kappa shape index (κ2) is 6.00. The Morgan fingerprint density at radius 3 is 2.54 bits per heavy atom. The summed E-state index contributed by atoms with van der Waals surface area (Å²) in [5.41, 5.74) is 0.257. The van der Waals surface area contributed by atoms with Crippen molar-refractivity contribution in [3.05, 3.63) is 29.8 Å². The third-order valence-electron chi connectivity index (χ3n) is 1.25. The van der Waals surface area contributed by atoms with Crippen LogP contribution in [0.4, 0.5) is 0 Å². The molecule has 1 radical (unpaired) electrons. The smallest absolute Gasteiger partial charge is 0.296 e. The molecule has 0 bridgehead atoms. The molecular weight excluding hydrogens is 245 g/mol. The van der Waals surface area contributed by atoms with E-state index in [0.717, 1.165) is 0 Å². The van der Waals surface area contributed by atoms with Crippen molar-refractivity contribution in [3.8, 4) is 5.75 Å². The van der Waals surface area contributed by atoms with E-state index in [4.69, 9.17) is 4.74 Å². The number of esters is 1. The van der Waals surface area contributed by atoms with E-state index in [0.29, 0.717) is 0 Å². The zero-order valence-electron chi connectivity index (χ0n) is 7.11. The van der Waals surface area contributed by atoms with E-state index in [2.05, 4.69) is 0 Å². The predicted molar refractivity (Wildman–Crippen MR) is 42.5 cm³/mol. The first-order valence-corrected chi connectivity index (χ1v) is 3.39. The van der Waals surface area contributed by atoms with Gasteiger partial charge in [-0.3, -0.25) is 4.79 Å². The third kappa shape index (κ3) is 3.79. The average Bonchev–Trinajstić information content (AvgIpc) is 2.04. The molecule has 0 aliphatic heterocycles. The van der Waals surface area contributed by atoms with Crippen LogP contribution in [-0.4, -0.2) is 12.3 Å². The van der Waals surface area contributed by atoms with Crippen molar-refractivity contribution in [1.29, 1.82) is 0 Å². The van der Waals surface area contributed by atoms with Gasteiger partial charge in [-0.05, 0) is 0 Å². The maximum absolute atomic E-state index is 10.5. The molecular formula is C9H7O3Y-. The molecule has 0 saturated carbocycles. The van der Waals surface area contributed by atoms with Gasteiger partial charge in [-0.1, -0.05) is 12.1 Å². The summed E-state index contributed by atoms with van der Waals surface area (Å²) in [5, 5.41) is 0. The Labute approximate surface area is 101 Å². The molecule has 65 valence electrons. The van der Waals surface area contributed by atoms with Crippen molar-refractivity contribution < 1.29 is 47.0 Å². The predicted octanol–water partition coefficient (Wildman–Crippen LogP) is 1.07. The fraction of sp³-hybridized carbons (Fsp3) is 0.111. The van der Waals surface area contributed by atoms with Crippen molar-refractivity contribution in [3.63, 3.8) is 0 Å². The Hall–Kier alpha value is -0.536. The molecule has 0 fully saturated rings. The Kier molecular flexibility index (Phi) is 5.75. The van der Waals surface area contributed by atoms with Gasteiger partial charge in [0.1, 0.15) is 0 Å². The molecule has 0 spiro atoms. The number of para-hydroxylation sites is 1. The van der Waals surface area contributed by atoms with Crippen molar-refractivity contribution in [2.24, 2.45) is 0 Å². The molecule has 0 heterocycles. The molecule has 0 amide bonds. The van der Waals surface area contributed by atoms with Crippen LogP contribution in [0.1, 0.15) is 12.5 Å². The monoisotopic (exact) mass is 252 g/mol. The van der Waals surface area contributed by atoms with E-state index in [1.165, 1.54) is 13.0 Å². The average molecular weight is 252 g/mol. The summed E-state index contributed by atoms with van der Waals surface area (Å²) in [6.45, 7) is 1.28. The van der Waals surface area contributed by atoms with Crippen LogP contribution in [0.15, 0.2) is 24.3 Å². The van der Waals surface area contributed by atoms with E-state index < -0.39 is 5.97 Å². The quantitative estimate of drug-likeness (QED) is 0.449. The number of benzene rings is 1. The van der Waals surface area contributed by atoms with Crippen LogP contribution in [0, 0.1) is 0 Å². The van der Waals surface area contributed by atoms with Gasteiger partial charge in [0.25, 0.3) is 5.97 Å². The number of hydrogen-bond acceptors (Lipinski definition) is 3. The minimum Gasteiger partial charge on any atom is -0.490 e. The third-order valence-corrected chi connectivity index (χ3v) is 1.25. The molecule has 0 aliphatic rings. The zero-order valence-corrected chi connectivity index (χ0v) is 9.95. The minimum absolute atomic E-state index is 0. The van der Waals surface area contributed by atoms with E-state index >= 15 is 0 Å². The zero-order chi connectivity index (χ0) is 8.97. The van der Waals surface area contributed by atoms with E-state index in [1.54, 1.807) is 24.5 Å². The second-order valence-electron chi connectivity index (χ2n) is 2.19. The van der Waals surface area contributed by atoms with Gasteiger partial charge in [0.2, 0.25) is 0 Å². The van der Waals surface area contributed by atoms with Gasteiger partial charge in [0, 0.05) is 45.4 Å². The van der Waals surface area contributed by atoms with Crippen molar-refractivity contribution in [1.82, 2.24) is 0 Å². The molecule has 1 rings (SSSR count). The fourth-order valence-corrected chi connectivity index (χ4v) is 0.795. The molecule has 0 aromatic heterocycles. The van der Waals surface area contributed by atoms with Crippen molar-refractivity contribution in [2.75, 3.05) is 0 Å². The first-order chi connectivity index (χ1) is 5.74. The Morgan fingerprint density at radius 2 is 2.00 bits per heavy atom. The number of carbonyl (C=O) groups is 1. The van der Waals surface area contributed by atoms with Crippen molar-refractivity contribution in [2.45, 2.75) is 6.92 Å². The molecule has 4 heteroatoms. The van der Waals surface area contributed by atoms with Gasteiger partial charge in [-0.15, -0.1) is 11.6 Å². The van der Waals surface area contributed by atoms with Crippen LogP contribution in [0.2, 0.25) is 0 Å². The molecule has 0 aliphatic carbocycles. The first-order valence-electron chi connectivity index (χ1n) is 3.39. The van der Waals surface area contributed by atoms with Crippen LogP contribution in [0.3, 0.4) is 0 Å². The van der Waals surface area contributed by atoms with Gasteiger partial charge < -0.3 is 9.53 Å². The fourth-order valence-electron chi connectivity index (χ4n) is 0.795. The topological polar surface area (TPSA) is 43.4 Å². The summed E-state index contributed by atoms with van der Waals surface area (Å²) >= 11 is 0. The van der Waals surface area contributed by atoms with Gasteiger partial charge in [-0.25, -0.2) is 0 Å². The summed E-state index contributed by atoms with van der Waals surface area (Å²) < 4.78 is 4.73. The summed E-state index contributed by atoms with van der Waals surface area (Å²) in [5.74, 6) is -0.197. The molecule has 0 saturated heterocycles. The minimum atomic E-state index is -0.447. The Morgan fingerprint density at radius 1 is 1.38 bits per heavy atom. The molecule has 0 N–H and O–H groups in total. The van der Waals surface area contributed by atoms with Crippen LogP contribution < -0.4 is 4.74 Å². The molecule has 3 nitrogen and oxygen atoms in total. The number of carbonyl (C=O) groups excluding carboxylic acids is 2. The van der Waals surface area contributed by atoms with E-state index in [1.807, 2.05) is 0 Å². The summed E-state index contributed by atoms with van der Waals surface area (Å²) in [7, 11) is 0. The van der Waals surface area contributed by atoms with Gasteiger partial charge in [-0.2, -0.15) is 6.07 Å². The number of ether oxygens (including phenoxy) is 1. The van der Waals surface area contributed by atoms with Gasteiger partial charge in [0.05, 0.1) is 6.29 Å². The second-order valence-corrected chi connectivity index (χ2v) is 2.19. The molecule has 1 aromatic rings.